The van der Waals surface area contributed by atoms with E-state index in [2.05, 4.69) is 10.3 Å². The van der Waals surface area contributed by atoms with Crippen molar-refractivity contribution in [1.29, 1.82) is 0 Å². The van der Waals surface area contributed by atoms with Crippen LogP contribution in [0, 0.1) is 19.7 Å². The van der Waals surface area contributed by atoms with Crippen molar-refractivity contribution in [2.45, 2.75) is 20.3 Å². The molecule has 6 heteroatoms. The summed E-state index contributed by atoms with van der Waals surface area (Å²) in [6, 6.07) is 17.0. The molecule has 5 nitrogen and oxygen atoms in total. The molecule has 1 aromatic heterocycles. The standard InChI is InChI=1S/C26H23FN2O3/c1-15-3-12-22(27)24-23(15)21(16(2)29-24)13-14-28-25(30)19-8-4-17(5-9-19)18-6-10-20(11-7-18)26(31)32/h3-12,29H,13-14H2,1-2H3,(H,28,30)(H,31,32). The van der Waals surface area contributed by atoms with Gasteiger partial charge in [-0.2, -0.15) is 0 Å². The van der Waals surface area contributed by atoms with Gasteiger partial charge in [0.1, 0.15) is 5.82 Å². The lowest BCUT2D eigenvalue weighted by Gasteiger charge is -2.08. The Morgan fingerprint density at radius 3 is 2.09 bits per heavy atom. The molecule has 0 saturated heterocycles. The van der Waals surface area contributed by atoms with Gasteiger partial charge in [0.2, 0.25) is 0 Å². The number of carboxylic acids is 1. The average molecular weight is 430 g/mol. The van der Waals surface area contributed by atoms with E-state index in [0.717, 1.165) is 33.3 Å². The monoisotopic (exact) mass is 430 g/mol. The highest BCUT2D eigenvalue weighted by Gasteiger charge is 2.14. The van der Waals surface area contributed by atoms with Gasteiger partial charge in [-0.15, -0.1) is 0 Å². The molecule has 0 saturated carbocycles. The van der Waals surface area contributed by atoms with Crippen molar-refractivity contribution in [1.82, 2.24) is 10.3 Å². The summed E-state index contributed by atoms with van der Waals surface area (Å²) in [6.07, 6.45) is 0.593. The number of fused-ring (bicyclic) bond motifs is 1. The number of benzene rings is 3. The van der Waals surface area contributed by atoms with E-state index in [0.29, 0.717) is 24.0 Å². The van der Waals surface area contributed by atoms with Gasteiger partial charge in [-0.1, -0.05) is 30.3 Å². The Kier molecular flexibility index (Phi) is 5.77. The van der Waals surface area contributed by atoms with E-state index in [4.69, 9.17) is 5.11 Å². The molecule has 0 radical (unpaired) electrons. The largest absolute Gasteiger partial charge is 0.478 e. The molecule has 0 spiro atoms. The second kappa shape index (κ2) is 8.67. The summed E-state index contributed by atoms with van der Waals surface area (Å²) >= 11 is 0. The SMILES string of the molecule is Cc1[nH]c2c(F)ccc(C)c2c1CCNC(=O)c1ccc(-c2ccc(C(=O)O)cc2)cc1. The fourth-order valence-corrected chi connectivity index (χ4v) is 3.98. The lowest BCUT2D eigenvalue weighted by atomic mass is 10.0. The van der Waals surface area contributed by atoms with Crippen molar-refractivity contribution in [3.63, 3.8) is 0 Å². The molecule has 0 bridgehead atoms. The number of carboxylic acid groups (broad SMARTS) is 1. The number of rotatable bonds is 6. The number of carbonyl (C=O) groups is 2. The van der Waals surface area contributed by atoms with Crippen LogP contribution < -0.4 is 5.32 Å². The molecule has 1 amide bonds. The minimum Gasteiger partial charge on any atom is -0.478 e. The van der Waals surface area contributed by atoms with Gasteiger partial charge in [0.05, 0.1) is 11.1 Å². The van der Waals surface area contributed by atoms with Crippen LogP contribution in [0.3, 0.4) is 0 Å². The molecule has 3 aromatic carbocycles. The first kappa shape index (κ1) is 21.3. The van der Waals surface area contributed by atoms with Crippen molar-refractivity contribution in [3.05, 3.63) is 94.4 Å². The number of hydrogen-bond donors (Lipinski definition) is 3. The Labute approximate surface area is 184 Å². The summed E-state index contributed by atoms with van der Waals surface area (Å²) < 4.78 is 14.1. The van der Waals surface area contributed by atoms with Crippen LogP contribution in [0.4, 0.5) is 4.39 Å². The predicted octanol–water partition coefficient (Wildman–Crippen LogP) is 5.26. The summed E-state index contributed by atoms with van der Waals surface area (Å²) in [4.78, 5) is 26.7. The highest BCUT2D eigenvalue weighted by atomic mass is 19.1. The molecular formula is C26H23FN2O3. The average Bonchev–Trinajstić information content (AvgIpc) is 3.14. The zero-order chi connectivity index (χ0) is 22.8. The Bertz CT molecular complexity index is 1310. The third-order valence-electron chi connectivity index (χ3n) is 5.70. The van der Waals surface area contributed by atoms with Crippen LogP contribution in [0.15, 0.2) is 60.7 Å². The number of aromatic amines is 1. The first-order chi connectivity index (χ1) is 15.3. The molecule has 0 aliphatic carbocycles. The number of H-pyrrole nitrogens is 1. The first-order valence-electron chi connectivity index (χ1n) is 10.3. The summed E-state index contributed by atoms with van der Waals surface area (Å²) in [6.45, 7) is 4.30. The van der Waals surface area contributed by atoms with Gasteiger partial charge < -0.3 is 15.4 Å². The topological polar surface area (TPSA) is 82.2 Å². The minimum atomic E-state index is -0.966. The zero-order valence-corrected chi connectivity index (χ0v) is 17.8. The highest BCUT2D eigenvalue weighted by molar-refractivity contribution is 5.95. The van der Waals surface area contributed by atoms with Crippen LogP contribution in [0.1, 0.15) is 37.5 Å². The molecular weight excluding hydrogens is 407 g/mol. The van der Waals surface area contributed by atoms with Crippen molar-refractivity contribution in [2.24, 2.45) is 0 Å². The lowest BCUT2D eigenvalue weighted by Crippen LogP contribution is -2.25. The van der Waals surface area contributed by atoms with Crippen LogP contribution in [0.5, 0.6) is 0 Å². The predicted molar refractivity (Wildman–Crippen MR) is 123 cm³/mol. The lowest BCUT2D eigenvalue weighted by molar-refractivity contribution is 0.0696. The molecule has 0 unspecified atom stereocenters. The quantitative estimate of drug-likeness (QED) is 0.390. The van der Waals surface area contributed by atoms with Gasteiger partial charge in [0.25, 0.3) is 5.91 Å². The number of carbonyl (C=O) groups excluding carboxylic acids is 1. The third kappa shape index (κ3) is 4.12. The number of amides is 1. The molecule has 1 heterocycles. The molecule has 162 valence electrons. The number of aryl methyl sites for hydroxylation is 2. The Morgan fingerprint density at radius 2 is 1.50 bits per heavy atom. The number of halogens is 1. The Balaban J connectivity index is 1.42. The summed E-state index contributed by atoms with van der Waals surface area (Å²) in [5.74, 6) is -1.42. The van der Waals surface area contributed by atoms with Gasteiger partial charge in [-0.05, 0) is 72.9 Å². The molecule has 0 atom stereocenters. The van der Waals surface area contributed by atoms with Gasteiger partial charge >= 0.3 is 5.97 Å². The van der Waals surface area contributed by atoms with Crippen molar-refractivity contribution >= 4 is 22.8 Å². The third-order valence-corrected chi connectivity index (χ3v) is 5.70. The van der Waals surface area contributed by atoms with E-state index in [1.807, 2.05) is 26.0 Å². The van der Waals surface area contributed by atoms with E-state index < -0.39 is 5.97 Å². The van der Waals surface area contributed by atoms with Crippen LogP contribution in [0.2, 0.25) is 0 Å². The van der Waals surface area contributed by atoms with Crippen LogP contribution in [-0.2, 0) is 6.42 Å². The maximum Gasteiger partial charge on any atom is 0.335 e. The summed E-state index contributed by atoms with van der Waals surface area (Å²) in [5.41, 5.74) is 5.96. The number of aromatic carboxylic acids is 1. The van der Waals surface area contributed by atoms with Crippen molar-refractivity contribution < 1.29 is 19.1 Å². The maximum absolute atomic E-state index is 14.1. The van der Waals surface area contributed by atoms with Gasteiger partial charge in [-0.25, -0.2) is 9.18 Å². The fourth-order valence-electron chi connectivity index (χ4n) is 3.98. The van der Waals surface area contributed by atoms with Crippen molar-refractivity contribution in [3.8, 4) is 11.1 Å². The molecule has 4 aromatic rings. The Morgan fingerprint density at radius 1 is 0.906 bits per heavy atom. The van der Waals surface area contributed by atoms with Crippen LogP contribution >= 0.6 is 0 Å². The molecule has 0 aliphatic heterocycles. The van der Waals surface area contributed by atoms with Gasteiger partial charge in [0, 0.05) is 23.2 Å². The second-order valence-electron chi connectivity index (χ2n) is 7.81. The van der Waals surface area contributed by atoms with E-state index in [1.165, 1.54) is 6.07 Å². The van der Waals surface area contributed by atoms with Crippen LogP contribution in [-0.4, -0.2) is 28.5 Å². The maximum atomic E-state index is 14.1. The molecule has 4 rings (SSSR count). The van der Waals surface area contributed by atoms with E-state index >= 15 is 0 Å². The summed E-state index contributed by atoms with van der Waals surface area (Å²) in [5, 5.41) is 12.8. The molecule has 0 aliphatic rings. The van der Waals surface area contributed by atoms with E-state index in [9.17, 15) is 14.0 Å². The van der Waals surface area contributed by atoms with E-state index in [1.54, 1.807) is 42.5 Å². The minimum absolute atomic E-state index is 0.182. The zero-order valence-electron chi connectivity index (χ0n) is 17.8. The number of nitrogens with one attached hydrogen (secondary N) is 2. The van der Waals surface area contributed by atoms with Gasteiger partial charge in [0.15, 0.2) is 0 Å². The number of hydrogen-bond acceptors (Lipinski definition) is 2. The van der Waals surface area contributed by atoms with E-state index in [-0.39, 0.29) is 17.3 Å². The first-order valence-corrected chi connectivity index (χ1v) is 10.3. The molecule has 0 fully saturated rings. The summed E-state index contributed by atoms with van der Waals surface area (Å²) in [7, 11) is 0. The molecule has 3 N–H and O–H groups in total. The molecule has 32 heavy (non-hydrogen) atoms. The highest BCUT2D eigenvalue weighted by Crippen LogP contribution is 2.28. The number of aromatic nitrogens is 1. The smallest absolute Gasteiger partial charge is 0.335 e. The Hall–Kier alpha value is -3.93. The normalized spacial score (nSPS) is 11.0. The second-order valence-corrected chi connectivity index (χ2v) is 7.81. The fraction of sp³-hybridized carbons (Fsp3) is 0.154. The van der Waals surface area contributed by atoms with Crippen molar-refractivity contribution in [2.75, 3.05) is 6.54 Å². The van der Waals surface area contributed by atoms with Gasteiger partial charge in [-0.3, -0.25) is 4.79 Å². The van der Waals surface area contributed by atoms with Crippen LogP contribution in [0.25, 0.3) is 22.0 Å².